The summed E-state index contributed by atoms with van der Waals surface area (Å²) in [6, 6.07) is 7.10. The van der Waals surface area contributed by atoms with Gasteiger partial charge in [0, 0.05) is 5.56 Å². The number of aliphatic hydroxyl groups is 1. The first-order valence-electron chi connectivity index (χ1n) is 7.04. The molecule has 0 fully saturated rings. The number of methoxy groups -OCH3 is 1. The number of aryl methyl sites for hydroxylation is 2. The van der Waals surface area contributed by atoms with Crippen LogP contribution in [0.15, 0.2) is 30.8 Å². The molecule has 3 rings (SSSR count). The molecule has 0 atom stereocenters. The van der Waals surface area contributed by atoms with Gasteiger partial charge in [-0.2, -0.15) is 0 Å². The van der Waals surface area contributed by atoms with Crippen molar-refractivity contribution in [3.8, 4) is 16.3 Å². The molecule has 0 bridgehead atoms. The zero-order valence-electron chi connectivity index (χ0n) is 13.1. The lowest BCUT2D eigenvalue weighted by Crippen LogP contribution is -1.90. The van der Waals surface area contributed by atoms with Crippen molar-refractivity contribution in [1.29, 1.82) is 0 Å². The van der Waals surface area contributed by atoms with Crippen molar-refractivity contribution in [2.24, 2.45) is 0 Å². The number of aliphatic hydroxyl groups excluding tert-OH is 1. The Balaban J connectivity index is 2.21. The summed E-state index contributed by atoms with van der Waals surface area (Å²) in [5, 5.41) is 12.1. The van der Waals surface area contributed by atoms with E-state index in [1.54, 1.807) is 6.07 Å². The van der Waals surface area contributed by atoms with Gasteiger partial charge in [-0.3, -0.25) is 0 Å². The third kappa shape index (κ3) is 2.68. The van der Waals surface area contributed by atoms with Crippen LogP contribution in [-0.4, -0.2) is 17.2 Å². The largest absolute Gasteiger partial charge is 0.507 e. The normalized spacial score (nSPS) is 11.0. The lowest BCUT2D eigenvalue weighted by atomic mass is 10.0. The van der Waals surface area contributed by atoms with E-state index in [0.29, 0.717) is 4.88 Å². The SMILES string of the molecule is C=C(O)c1sc(-c2cc(C)c3cc(F)c(OC)cc3c2)nc1C. The minimum Gasteiger partial charge on any atom is -0.507 e. The van der Waals surface area contributed by atoms with Gasteiger partial charge in [0.05, 0.1) is 17.7 Å². The van der Waals surface area contributed by atoms with Crippen LogP contribution < -0.4 is 4.74 Å². The predicted molar refractivity (Wildman–Crippen MR) is 92.7 cm³/mol. The molecule has 0 saturated heterocycles. The zero-order chi connectivity index (χ0) is 16.7. The monoisotopic (exact) mass is 329 g/mol. The summed E-state index contributed by atoms with van der Waals surface area (Å²) in [5.41, 5.74) is 2.62. The van der Waals surface area contributed by atoms with Crippen molar-refractivity contribution in [3.63, 3.8) is 0 Å². The van der Waals surface area contributed by atoms with E-state index in [1.165, 1.54) is 24.5 Å². The van der Waals surface area contributed by atoms with E-state index in [1.807, 2.05) is 26.0 Å². The van der Waals surface area contributed by atoms with Gasteiger partial charge in [-0.25, -0.2) is 9.37 Å². The summed E-state index contributed by atoms with van der Waals surface area (Å²) in [4.78, 5) is 5.18. The molecular weight excluding hydrogens is 313 g/mol. The Morgan fingerprint density at radius 2 is 2.00 bits per heavy atom. The highest BCUT2D eigenvalue weighted by molar-refractivity contribution is 7.16. The number of halogens is 1. The second-order valence-electron chi connectivity index (χ2n) is 5.38. The Labute approximate surface area is 137 Å². The highest BCUT2D eigenvalue weighted by atomic mass is 32.1. The van der Waals surface area contributed by atoms with Gasteiger partial charge in [-0.1, -0.05) is 6.58 Å². The maximum atomic E-state index is 13.9. The lowest BCUT2D eigenvalue weighted by Gasteiger charge is -2.08. The summed E-state index contributed by atoms with van der Waals surface area (Å²) in [6.07, 6.45) is 0. The first-order chi connectivity index (χ1) is 10.9. The molecular formula is C18H16FNO2S. The van der Waals surface area contributed by atoms with Crippen LogP contribution >= 0.6 is 11.3 Å². The van der Waals surface area contributed by atoms with Crippen molar-refractivity contribution >= 4 is 27.9 Å². The quantitative estimate of drug-likeness (QED) is 0.667. The molecule has 23 heavy (non-hydrogen) atoms. The molecule has 0 saturated carbocycles. The topological polar surface area (TPSA) is 42.4 Å². The number of hydrogen-bond acceptors (Lipinski definition) is 4. The molecule has 3 aromatic rings. The van der Waals surface area contributed by atoms with Crippen LogP contribution in [0.5, 0.6) is 5.75 Å². The van der Waals surface area contributed by atoms with Crippen LogP contribution in [0.25, 0.3) is 27.1 Å². The first-order valence-corrected chi connectivity index (χ1v) is 7.86. The number of hydrogen-bond donors (Lipinski definition) is 1. The summed E-state index contributed by atoms with van der Waals surface area (Å²) >= 11 is 1.39. The van der Waals surface area contributed by atoms with E-state index >= 15 is 0 Å². The van der Waals surface area contributed by atoms with Crippen LogP contribution in [-0.2, 0) is 0 Å². The molecule has 0 aliphatic rings. The zero-order valence-corrected chi connectivity index (χ0v) is 13.9. The van der Waals surface area contributed by atoms with Crippen LogP contribution in [0, 0.1) is 19.7 Å². The Kier molecular flexibility index (Phi) is 3.82. The van der Waals surface area contributed by atoms with E-state index in [-0.39, 0.29) is 17.3 Å². The highest BCUT2D eigenvalue weighted by Crippen LogP contribution is 2.35. The first kappa shape index (κ1) is 15.5. The molecule has 1 aromatic heterocycles. The number of fused-ring (bicyclic) bond motifs is 1. The molecule has 0 aliphatic heterocycles. The lowest BCUT2D eigenvalue weighted by molar-refractivity contribution is 0.387. The van der Waals surface area contributed by atoms with Crippen molar-refractivity contribution in [2.45, 2.75) is 13.8 Å². The van der Waals surface area contributed by atoms with Gasteiger partial charge in [-0.15, -0.1) is 11.3 Å². The maximum Gasteiger partial charge on any atom is 0.165 e. The van der Waals surface area contributed by atoms with E-state index in [4.69, 9.17) is 4.74 Å². The molecule has 5 heteroatoms. The number of rotatable bonds is 3. The second-order valence-corrected chi connectivity index (χ2v) is 6.38. The van der Waals surface area contributed by atoms with Crippen LogP contribution in [0.3, 0.4) is 0 Å². The van der Waals surface area contributed by atoms with E-state index in [2.05, 4.69) is 11.6 Å². The smallest absolute Gasteiger partial charge is 0.165 e. The Morgan fingerprint density at radius 3 is 2.61 bits per heavy atom. The molecule has 1 N–H and O–H groups in total. The molecule has 0 aliphatic carbocycles. The Bertz CT molecular complexity index is 930. The molecule has 0 radical (unpaired) electrons. The fourth-order valence-electron chi connectivity index (χ4n) is 2.62. The summed E-state index contributed by atoms with van der Waals surface area (Å²) in [7, 11) is 1.45. The number of nitrogens with zero attached hydrogens (tertiary/aromatic N) is 1. The number of ether oxygens (including phenoxy) is 1. The number of aromatic nitrogens is 1. The van der Waals surface area contributed by atoms with Crippen LogP contribution in [0.2, 0.25) is 0 Å². The summed E-state index contributed by atoms with van der Waals surface area (Å²) in [6.45, 7) is 7.33. The minimum absolute atomic E-state index is 0.0208. The molecule has 2 aromatic carbocycles. The molecule has 118 valence electrons. The minimum atomic E-state index is -0.375. The third-order valence-electron chi connectivity index (χ3n) is 3.74. The second kappa shape index (κ2) is 5.66. The van der Waals surface area contributed by atoms with Crippen LogP contribution in [0.4, 0.5) is 4.39 Å². The third-order valence-corrected chi connectivity index (χ3v) is 4.99. The molecule has 0 spiro atoms. The average molecular weight is 329 g/mol. The average Bonchev–Trinajstić information content (AvgIpc) is 2.89. The van der Waals surface area contributed by atoms with Gasteiger partial charge in [0.25, 0.3) is 0 Å². The molecule has 0 amide bonds. The van der Waals surface area contributed by atoms with Gasteiger partial charge in [0.15, 0.2) is 11.6 Å². The fraction of sp³-hybridized carbons (Fsp3) is 0.167. The van der Waals surface area contributed by atoms with Gasteiger partial charge in [0.2, 0.25) is 0 Å². The van der Waals surface area contributed by atoms with Crippen molar-refractivity contribution in [1.82, 2.24) is 4.98 Å². The van der Waals surface area contributed by atoms with Gasteiger partial charge in [0.1, 0.15) is 10.8 Å². The predicted octanol–water partition coefficient (Wildman–Crippen LogP) is 5.26. The van der Waals surface area contributed by atoms with Crippen molar-refractivity contribution in [2.75, 3.05) is 7.11 Å². The van der Waals surface area contributed by atoms with E-state index in [0.717, 1.165) is 32.6 Å². The standard InChI is InChI=1S/C18H16FNO2S/c1-9-5-13(18-20-10(2)17(23-18)11(3)21)6-12-7-16(22-4)15(19)8-14(9)12/h5-8,21H,3H2,1-2,4H3. The van der Waals surface area contributed by atoms with Crippen molar-refractivity contribution < 1.29 is 14.2 Å². The highest BCUT2D eigenvalue weighted by Gasteiger charge is 2.14. The molecule has 0 unspecified atom stereocenters. The number of thiazole rings is 1. The Morgan fingerprint density at radius 1 is 1.26 bits per heavy atom. The van der Waals surface area contributed by atoms with Crippen molar-refractivity contribution in [3.05, 3.63) is 52.8 Å². The number of benzene rings is 2. The van der Waals surface area contributed by atoms with E-state index in [9.17, 15) is 9.50 Å². The summed E-state index contributed by atoms with van der Waals surface area (Å²) < 4.78 is 19.0. The van der Waals surface area contributed by atoms with Gasteiger partial charge >= 0.3 is 0 Å². The summed E-state index contributed by atoms with van der Waals surface area (Å²) in [5.74, 6) is -0.138. The molecule has 1 heterocycles. The van der Waals surface area contributed by atoms with Crippen LogP contribution in [0.1, 0.15) is 16.1 Å². The maximum absolute atomic E-state index is 13.9. The van der Waals surface area contributed by atoms with Gasteiger partial charge < -0.3 is 9.84 Å². The Hall–Kier alpha value is -2.40. The van der Waals surface area contributed by atoms with Gasteiger partial charge in [-0.05, 0) is 54.4 Å². The fourth-order valence-corrected chi connectivity index (χ4v) is 3.54. The molecule has 3 nitrogen and oxygen atoms in total. The van der Waals surface area contributed by atoms with E-state index < -0.39 is 0 Å².